The molecule has 0 bridgehead atoms. The average Bonchev–Trinajstić information content (AvgIpc) is 2.38. The minimum absolute atomic E-state index is 0.0769. The number of nitrogens with one attached hydrogen (secondary N) is 1. The molecule has 2 N–H and O–H groups in total. The highest BCUT2D eigenvalue weighted by Gasteiger charge is 2.04. The fourth-order valence-corrected chi connectivity index (χ4v) is 1.10. The Morgan fingerprint density at radius 2 is 2.24 bits per heavy atom. The zero-order chi connectivity index (χ0) is 12.5. The van der Waals surface area contributed by atoms with Crippen molar-refractivity contribution in [3.8, 4) is 5.75 Å². The zero-order valence-corrected chi connectivity index (χ0v) is 9.51. The lowest BCUT2D eigenvalue weighted by Gasteiger charge is -2.07. The second kappa shape index (κ2) is 7.61. The van der Waals surface area contributed by atoms with Gasteiger partial charge in [-0.1, -0.05) is 6.07 Å². The van der Waals surface area contributed by atoms with Crippen LogP contribution in [0.15, 0.2) is 24.3 Å². The van der Waals surface area contributed by atoms with Crippen LogP contribution in [0.25, 0.3) is 0 Å². The van der Waals surface area contributed by atoms with Crippen LogP contribution in [0, 0.1) is 0 Å². The van der Waals surface area contributed by atoms with Crippen LogP contribution in [0.3, 0.4) is 0 Å². The van der Waals surface area contributed by atoms with Gasteiger partial charge in [0.05, 0.1) is 13.2 Å². The molecule has 0 aliphatic rings. The molecule has 0 aliphatic carbocycles. The van der Waals surface area contributed by atoms with Crippen LogP contribution in [0.1, 0.15) is 10.4 Å². The molecule has 1 amide bonds. The first-order valence-corrected chi connectivity index (χ1v) is 5.02. The second-order valence-electron chi connectivity index (χ2n) is 3.13. The van der Waals surface area contributed by atoms with Crippen LogP contribution in [-0.2, 0) is 9.47 Å². The van der Waals surface area contributed by atoms with Gasteiger partial charge in [0, 0.05) is 12.7 Å². The monoisotopic (exact) mass is 241 g/mol. The number of hydrogen-bond donors (Lipinski definition) is 2. The van der Waals surface area contributed by atoms with Crippen LogP contribution in [0.2, 0.25) is 0 Å². The Balaban J connectivity index is 2.40. The topological polar surface area (TPSA) is 77.0 Å². The van der Waals surface area contributed by atoms with Gasteiger partial charge in [0.2, 0.25) is 0 Å². The van der Waals surface area contributed by atoms with Crippen molar-refractivity contribution in [3.05, 3.63) is 29.8 Å². The number of carbonyl (C=O) groups excluding carboxylic acids is 1. The predicted octanol–water partition coefficient (Wildman–Crippen LogP) is 0.805. The molecule has 0 aromatic heterocycles. The number of amides is 1. The Labute approximate surface area is 99.1 Å². The van der Waals surface area contributed by atoms with Crippen LogP contribution in [-0.4, -0.2) is 38.2 Å². The predicted molar refractivity (Wildman–Crippen MR) is 59.0 cm³/mol. The smallest absolute Gasteiger partial charge is 0.274 e. The summed E-state index contributed by atoms with van der Waals surface area (Å²) >= 11 is 0. The summed E-state index contributed by atoms with van der Waals surface area (Å²) in [7, 11) is 1.58. The van der Waals surface area contributed by atoms with Gasteiger partial charge in [-0.3, -0.25) is 10.0 Å². The fourth-order valence-electron chi connectivity index (χ4n) is 1.10. The Kier molecular flexibility index (Phi) is 6.02. The lowest BCUT2D eigenvalue weighted by atomic mass is 10.2. The van der Waals surface area contributed by atoms with Crippen molar-refractivity contribution >= 4 is 5.91 Å². The number of carbonyl (C=O) groups is 1. The lowest BCUT2D eigenvalue weighted by Crippen LogP contribution is -2.18. The van der Waals surface area contributed by atoms with Crippen molar-refractivity contribution in [2.75, 3.05) is 27.1 Å². The zero-order valence-electron chi connectivity index (χ0n) is 9.51. The van der Waals surface area contributed by atoms with Crippen molar-refractivity contribution in [1.82, 2.24) is 5.48 Å². The molecule has 0 radical (unpaired) electrons. The van der Waals surface area contributed by atoms with Crippen molar-refractivity contribution in [3.63, 3.8) is 0 Å². The molecule has 0 saturated heterocycles. The summed E-state index contributed by atoms with van der Waals surface area (Å²) in [5.41, 5.74) is 1.86. The highest BCUT2D eigenvalue weighted by atomic mass is 16.7. The van der Waals surface area contributed by atoms with Gasteiger partial charge >= 0.3 is 0 Å². The minimum Gasteiger partial charge on any atom is -0.468 e. The van der Waals surface area contributed by atoms with E-state index in [1.165, 1.54) is 6.07 Å². The van der Waals surface area contributed by atoms with E-state index in [4.69, 9.17) is 19.4 Å². The van der Waals surface area contributed by atoms with Crippen LogP contribution in [0.4, 0.5) is 0 Å². The van der Waals surface area contributed by atoms with Gasteiger partial charge in [0.1, 0.15) is 5.75 Å². The molecular weight excluding hydrogens is 226 g/mol. The second-order valence-corrected chi connectivity index (χ2v) is 3.13. The van der Waals surface area contributed by atoms with Gasteiger partial charge in [0.15, 0.2) is 6.79 Å². The van der Waals surface area contributed by atoms with Crippen molar-refractivity contribution in [1.29, 1.82) is 0 Å². The lowest BCUT2D eigenvalue weighted by molar-refractivity contribution is -0.00851. The summed E-state index contributed by atoms with van der Waals surface area (Å²) in [4.78, 5) is 11.1. The highest BCUT2D eigenvalue weighted by molar-refractivity contribution is 5.93. The quantitative estimate of drug-likeness (QED) is 0.319. The van der Waals surface area contributed by atoms with Crippen LogP contribution < -0.4 is 10.2 Å². The number of benzene rings is 1. The molecule has 1 aromatic rings. The first-order chi connectivity index (χ1) is 8.27. The molecule has 94 valence electrons. The third-order valence-corrected chi connectivity index (χ3v) is 1.94. The Morgan fingerprint density at radius 3 is 2.94 bits per heavy atom. The SMILES string of the molecule is COCCOCOc1cccc(C(=O)NO)c1. The number of hydroxylamine groups is 1. The summed E-state index contributed by atoms with van der Waals surface area (Å²) in [6, 6.07) is 6.40. The summed E-state index contributed by atoms with van der Waals surface area (Å²) in [5.74, 6) is -0.0979. The molecule has 0 heterocycles. The van der Waals surface area contributed by atoms with E-state index in [2.05, 4.69) is 0 Å². The third-order valence-electron chi connectivity index (χ3n) is 1.94. The van der Waals surface area contributed by atoms with E-state index in [1.807, 2.05) is 0 Å². The average molecular weight is 241 g/mol. The third kappa shape index (κ3) is 4.81. The maximum absolute atomic E-state index is 11.1. The number of rotatable bonds is 7. The standard InChI is InChI=1S/C11H15NO5/c1-15-5-6-16-8-17-10-4-2-3-9(7-10)11(13)12-14/h2-4,7,14H,5-6,8H2,1H3,(H,12,13). The van der Waals surface area contributed by atoms with E-state index >= 15 is 0 Å². The number of hydrogen-bond acceptors (Lipinski definition) is 5. The Hall–Kier alpha value is -1.63. The maximum Gasteiger partial charge on any atom is 0.274 e. The van der Waals surface area contributed by atoms with Gasteiger partial charge in [-0.15, -0.1) is 0 Å². The van der Waals surface area contributed by atoms with Gasteiger partial charge < -0.3 is 14.2 Å². The van der Waals surface area contributed by atoms with Crippen LogP contribution >= 0.6 is 0 Å². The molecule has 0 fully saturated rings. The molecule has 0 spiro atoms. The van der Waals surface area contributed by atoms with E-state index in [1.54, 1.807) is 30.8 Å². The normalized spacial score (nSPS) is 10.0. The van der Waals surface area contributed by atoms with Crippen molar-refractivity contribution in [2.24, 2.45) is 0 Å². The Morgan fingerprint density at radius 1 is 1.41 bits per heavy atom. The number of methoxy groups -OCH3 is 1. The first kappa shape index (κ1) is 13.4. The molecule has 0 saturated carbocycles. The molecule has 1 rings (SSSR count). The van der Waals surface area contributed by atoms with Gasteiger partial charge in [-0.05, 0) is 18.2 Å². The Bertz CT molecular complexity index is 355. The fraction of sp³-hybridized carbons (Fsp3) is 0.364. The summed E-state index contributed by atoms with van der Waals surface area (Å²) in [6.45, 7) is 1.01. The highest BCUT2D eigenvalue weighted by Crippen LogP contribution is 2.13. The van der Waals surface area contributed by atoms with Gasteiger partial charge in [0.25, 0.3) is 5.91 Å². The summed E-state index contributed by atoms with van der Waals surface area (Å²) in [6.07, 6.45) is 0. The van der Waals surface area contributed by atoms with E-state index in [0.717, 1.165) is 0 Å². The molecule has 0 aliphatic heterocycles. The maximum atomic E-state index is 11.1. The molecule has 6 nitrogen and oxygen atoms in total. The summed E-state index contributed by atoms with van der Waals surface area (Å²) < 4.78 is 15.2. The number of ether oxygens (including phenoxy) is 3. The molecule has 17 heavy (non-hydrogen) atoms. The van der Waals surface area contributed by atoms with E-state index in [9.17, 15) is 4.79 Å². The van der Waals surface area contributed by atoms with E-state index in [0.29, 0.717) is 24.5 Å². The summed E-state index contributed by atoms with van der Waals surface area (Å²) in [5, 5.41) is 8.47. The van der Waals surface area contributed by atoms with E-state index < -0.39 is 5.91 Å². The molecule has 0 atom stereocenters. The van der Waals surface area contributed by atoms with Gasteiger partial charge in [-0.2, -0.15) is 0 Å². The van der Waals surface area contributed by atoms with Gasteiger partial charge in [-0.25, -0.2) is 5.48 Å². The minimum atomic E-state index is -0.587. The molecule has 0 unspecified atom stereocenters. The van der Waals surface area contributed by atoms with E-state index in [-0.39, 0.29) is 6.79 Å². The first-order valence-electron chi connectivity index (χ1n) is 5.02. The largest absolute Gasteiger partial charge is 0.468 e. The van der Waals surface area contributed by atoms with Crippen LogP contribution in [0.5, 0.6) is 5.75 Å². The molecular formula is C11H15NO5. The molecule has 1 aromatic carbocycles. The molecule has 6 heteroatoms. The van der Waals surface area contributed by atoms with Crippen molar-refractivity contribution in [2.45, 2.75) is 0 Å². The van der Waals surface area contributed by atoms with Crippen molar-refractivity contribution < 1.29 is 24.2 Å².